The van der Waals surface area contributed by atoms with E-state index >= 15 is 0 Å². The summed E-state index contributed by atoms with van der Waals surface area (Å²) in [7, 11) is 0. The normalized spacial score (nSPS) is 12.7. The first-order valence-corrected chi connectivity index (χ1v) is 6.96. The van der Waals surface area contributed by atoms with Crippen molar-refractivity contribution in [3.63, 3.8) is 0 Å². The fraction of sp³-hybridized carbons (Fsp3) is 0.250. The molecular formula is C16H18N4. The van der Waals surface area contributed by atoms with Gasteiger partial charge < -0.3 is 10.3 Å². The molecule has 0 aliphatic rings. The summed E-state index contributed by atoms with van der Waals surface area (Å²) >= 11 is 0. The van der Waals surface area contributed by atoms with Crippen LogP contribution in [-0.2, 0) is 0 Å². The Labute approximate surface area is 118 Å². The van der Waals surface area contributed by atoms with Crippen LogP contribution in [-0.4, -0.2) is 21.5 Å². The average molecular weight is 266 g/mol. The van der Waals surface area contributed by atoms with Crippen LogP contribution in [0.2, 0.25) is 0 Å². The summed E-state index contributed by atoms with van der Waals surface area (Å²) in [6.45, 7) is 3.12. The van der Waals surface area contributed by atoms with Crippen molar-refractivity contribution in [1.82, 2.24) is 20.3 Å². The predicted octanol–water partition coefficient (Wildman–Crippen LogP) is 3.05. The maximum Gasteiger partial charge on any atom is 0.127 e. The maximum atomic E-state index is 4.39. The van der Waals surface area contributed by atoms with Gasteiger partial charge in [-0.3, -0.25) is 4.98 Å². The molecule has 2 heterocycles. The lowest BCUT2D eigenvalue weighted by Crippen LogP contribution is -2.24. The number of H-pyrrole nitrogens is 1. The Morgan fingerprint density at radius 1 is 1.20 bits per heavy atom. The number of nitrogens with zero attached hydrogens (tertiary/aromatic N) is 2. The molecule has 3 rings (SSSR count). The molecule has 4 nitrogen and oxygen atoms in total. The minimum atomic E-state index is 0.0922. The molecular weight excluding hydrogens is 248 g/mol. The van der Waals surface area contributed by atoms with Crippen molar-refractivity contribution < 1.29 is 0 Å². The van der Waals surface area contributed by atoms with Crippen LogP contribution in [0.4, 0.5) is 0 Å². The van der Waals surface area contributed by atoms with Gasteiger partial charge in [0.05, 0.1) is 11.6 Å². The number of pyridine rings is 1. The fourth-order valence-corrected chi connectivity index (χ4v) is 2.37. The average Bonchev–Trinajstić information content (AvgIpc) is 3.02. The molecule has 2 aromatic heterocycles. The molecule has 0 aliphatic heterocycles. The second-order valence-electron chi connectivity index (χ2n) is 4.82. The maximum absolute atomic E-state index is 4.39. The molecule has 0 radical (unpaired) electrons. The fourth-order valence-electron chi connectivity index (χ4n) is 2.37. The van der Waals surface area contributed by atoms with Crippen molar-refractivity contribution in [3.8, 4) is 0 Å². The lowest BCUT2D eigenvalue weighted by molar-refractivity contribution is 0.577. The topological polar surface area (TPSA) is 53.6 Å². The van der Waals surface area contributed by atoms with Gasteiger partial charge in [-0.1, -0.05) is 19.1 Å². The van der Waals surface area contributed by atoms with E-state index in [1.165, 1.54) is 5.56 Å². The summed E-state index contributed by atoms with van der Waals surface area (Å²) in [5, 5.41) is 4.69. The van der Waals surface area contributed by atoms with Crippen LogP contribution in [0, 0.1) is 0 Å². The van der Waals surface area contributed by atoms with E-state index in [1.807, 2.05) is 18.5 Å². The highest BCUT2D eigenvalue weighted by molar-refractivity contribution is 5.79. The zero-order valence-electron chi connectivity index (χ0n) is 11.5. The van der Waals surface area contributed by atoms with Gasteiger partial charge in [0.2, 0.25) is 0 Å². The third-order valence-electron chi connectivity index (χ3n) is 3.35. The number of benzene rings is 1. The highest BCUT2D eigenvalue weighted by atomic mass is 15.0. The molecule has 1 atom stereocenters. The van der Waals surface area contributed by atoms with Crippen LogP contribution in [0.3, 0.4) is 0 Å². The molecule has 3 aromatic rings. The van der Waals surface area contributed by atoms with Crippen molar-refractivity contribution in [1.29, 1.82) is 0 Å². The first kappa shape index (κ1) is 12.8. The minimum Gasteiger partial charge on any atom is -0.347 e. The van der Waals surface area contributed by atoms with Gasteiger partial charge in [0.25, 0.3) is 0 Å². The number of aromatic amines is 1. The Hall–Kier alpha value is -2.20. The van der Waals surface area contributed by atoms with Gasteiger partial charge >= 0.3 is 0 Å². The Bertz CT molecular complexity index is 676. The molecule has 0 saturated heterocycles. The third-order valence-corrected chi connectivity index (χ3v) is 3.35. The zero-order chi connectivity index (χ0) is 13.8. The van der Waals surface area contributed by atoms with E-state index in [4.69, 9.17) is 0 Å². The SMILES string of the molecule is CCCNC(c1ccc2ncccc2c1)c1ncc[nH]1. The second kappa shape index (κ2) is 5.84. The molecule has 0 aliphatic carbocycles. The molecule has 1 aromatic carbocycles. The van der Waals surface area contributed by atoms with Crippen LogP contribution in [0.5, 0.6) is 0 Å². The predicted molar refractivity (Wildman–Crippen MR) is 80.5 cm³/mol. The molecule has 0 saturated carbocycles. The molecule has 0 amide bonds. The summed E-state index contributed by atoms with van der Waals surface area (Å²) in [6.07, 6.45) is 6.56. The lowest BCUT2D eigenvalue weighted by Gasteiger charge is -2.17. The van der Waals surface area contributed by atoms with Crippen molar-refractivity contribution in [3.05, 3.63) is 60.3 Å². The Kier molecular flexibility index (Phi) is 3.74. The van der Waals surface area contributed by atoms with E-state index in [1.54, 1.807) is 6.20 Å². The number of imidazole rings is 1. The number of nitrogens with one attached hydrogen (secondary N) is 2. The summed E-state index contributed by atoms with van der Waals surface area (Å²) < 4.78 is 0. The van der Waals surface area contributed by atoms with Gasteiger partial charge in [-0.2, -0.15) is 0 Å². The van der Waals surface area contributed by atoms with E-state index in [9.17, 15) is 0 Å². The molecule has 20 heavy (non-hydrogen) atoms. The Morgan fingerprint density at radius 2 is 2.15 bits per heavy atom. The van der Waals surface area contributed by atoms with Gasteiger partial charge in [0.1, 0.15) is 5.82 Å². The Morgan fingerprint density at radius 3 is 2.95 bits per heavy atom. The highest BCUT2D eigenvalue weighted by Gasteiger charge is 2.15. The van der Waals surface area contributed by atoms with Crippen LogP contribution < -0.4 is 5.32 Å². The van der Waals surface area contributed by atoms with Crippen LogP contribution in [0.25, 0.3) is 10.9 Å². The zero-order valence-corrected chi connectivity index (χ0v) is 11.5. The van der Waals surface area contributed by atoms with Crippen molar-refractivity contribution in [2.24, 2.45) is 0 Å². The van der Waals surface area contributed by atoms with Gasteiger partial charge in [-0.15, -0.1) is 0 Å². The van der Waals surface area contributed by atoms with E-state index in [2.05, 4.69) is 51.5 Å². The van der Waals surface area contributed by atoms with Gasteiger partial charge in [0.15, 0.2) is 0 Å². The number of hydrogen-bond acceptors (Lipinski definition) is 3. The number of rotatable bonds is 5. The van der Waals surface area contributed by atoms with Gasteiger partial charge in [-0.25, -0.2) is 4.98 Å². The largest absolute Gasteiger partial charge is 0.347 e. The van der Waals surface area contributed by atoms with Crippen molar-refractivity contribution in [2.75, 3.05) is 6.54 Å². The van der Waals surface area contributed by atoms with E-state index in [0.717, 1.165) is 29.7 Å². The van der Waals surface area contributed by atoms with E-state index in [-0.39, 0.29) is 6.04 Å². The number of aromatic nitrogens is 3. The molecule has 1 unspecified atom stereocenters. The summed E-state index contributed by atoms with van der Waals surface area (Å²) in [4.78, 5) is 12.0. The molecule has 102 valence electrons. The summed E-state index contributed by atoms with van der Waals surface area (Å²) in [5.41, 5.74) is 2.22. The first-order chi connectivity index (χ1) is 9.88. The van der Waals surface area contributed by atoms with E-state index in [0.29, 0.717) is 0 Å². The smallest absolute Gasteiger partial charge is 0.127 e. The van der Waals surface area contributed by atoms with Crippen molar-refractivity contribution >= 4 is 10.9 Å². The van der Waals surface area contributed by atoms with Gasteiger partial charge in [-0.05, 0) is 36.7 Å². The standard InChI is InChI=1S/C16H18N4/c1-2-7-18-15(16-19-9-10-20-16)13-5-6-14-12(11-13)4-3-8-17-14/h3-6,8-11,15,18H,2,7H2,1H3,(H,19,20). The summed E-state index contributed by atoms with van der Waals surface area (Å²) in [6, 6.07) is 10.5. The summed E-state index contributed by atoms with van der Waals surface area (Å²) in [5.74, 6) is 0.946. The van der Waals surface area contributed by atoms with Crippen molar-refractivity contribution in [2.45, 2.75) is 19.4 Å². The van der Waals surface area contributed by atoms with Crippen LogP contribution in [0.15, 0.2) is 48.9 Å². The Balaban J connectivity index is 1.99. The first-order valence-electron chi connectivity index (χ1n) is 6.96. The van der Waals surface area contributed by atoms with Crippen LogP contribution >= 0.6 is 0 Å². The third kappa shape index (κ3) is 2.56. The molecule has 4 heteroatoms. The van der Waals surface area contributed by atoms with Crippen LogP contribution in [0.1, 0.15) is 30.8 Å². The minimum absolute atomic E-state index is 0.0922. The molecule has 0 bridgehead atoms. The van der Waals surface area contributed by atoms with E-state index < -0.39 is 0 Å². The molecule has 0 fully saturated rings. The number of fused-ring (bicyclic) bond motifs is 1. The second-order valence-corrected chi connectivity index (χ2v) is 4.82. The lowest BCUT2D eigenvalue weighted by atomic mass is 10.0. The molecule has 0 spiro atoms. The monoisotopic (exact) mass is 266 g/mol. The molecule has 2 N–H and O–H groups in total. The van der Waals surface area contributed by atoms with Gasteiger partial charge in [0, 0.05) is 24.0 Å². The number of hydrogen-bond donors (Lipinski definition) is 2. The quantitative estimate of drug-likeness (QED) is 0.746. The highest BCUT2D eigenvalue weighted by Crippen LogP contribution is 2.22.